The molecular formula is C26H24N2O3S2. The largest absolute Gasteiger partial charge is 0.489 e. The van der Waals surface area contributed by atoms with Crippen LogP contribution in [0.15, 0.2) is 84.9 Å². The highest BCUT2D eigenvalue weighted by atomic mass is 32.2. The number of nitrogens with zero attached hydrogens (tertiary/aromatic N) is 1. The predicted octanol–water partition coefficient (Wildman–Crippen LogP) is 4.70. The van der Waals surface area contributed by atoms with E-state index in [1.54, 1.807) is 4.90 Å². The summed E-state index contributed by atoms with van der Waals surface area (Å²) in [5.41, 5.74) is 3.08. The van der Waals surface area contributed by atoms with Gasteiger partial charge in [-0.2, -0.15) is 0 Å². The van der Waals surface area contributed by atoms with Gasteiger partial charge in [0.05, 0.1) is 11.8 Å². The number of benzene rings is 3. The molecule has 33 heavy (non-hydrogen) atoms. The molecule has 0 radical (unpaired) electrons. The molecule has 1 atom stereocenters. The lowest BCUT2D eigenvalue weighted by Gasteiger charge is -2.15. The third-order valence-corrected chi connectivity index (χ3v) is 6.80. The third kappa shape index (κ3) is 6.43. The molecule has 0 saturated carbocycles. The Morgan fingerprint density at radius 3 is 2.21 bits per heavy atom. The van der Waals surface area contributed by atoms with Crippen LogP contribution in [0.1, 0.15) is 23.1 Å². The first-order valence-corrected chi connectivity index (χ1v) is 12.0. The summed E-state index contributed by atoms with van der Waals surface area (Å²) in [5, 5.41) is 2.42. The van der Waals surface area contributed by atoms with Gasteiger partial charge in [0.1, 0.15) is 16.7 Å². The van der Waals surface area contributed by atoms with E-state index in [1.165, 1.54) is 11.8 Å². The van der Waals surface area contributed by atoms with E-state index in [0.717, 1.165) is 22.4 Å². The second-order valence-corrected chi connectivity index (χ2v) is 9.52. The monoisotopic (exact) mass is 476 g/mol. The molecule has 5 nitrogen and oxygen atoms in total. The molecule has 1 heterocycles. The lowest BCUT2D eigenvalue weighted by Crippen LogP contribution is -2.33. The van der Waals surface area contributed by atoms with Gasteiger partial charge in [0, 0.05) is 13.0 Å². The minimum Gasteiger partial charge on any atom is -0.489 e. The standard InChI is InChI=1S/C26H24N2O3S2/c29-24(15-23-25(30)28(26(32)33-23)17-20-7-3-1-4-8-20)27-16-19-11-13-22(14-12-19)31-18-21-9-5-2-6-10-21/h1-14,23H,15-18H2,(H,27,29). The van der Waals surface area contributed by atoms with Gasteiger partial charge in [-0.1, -0.05) is 96.8 Å². The number of rotatable bonds is 9. The lowest BCUT2D eigenvalue weighted by molar-refractivity contribution is -0.129. The Bertz CT molecular complexity index is 1110. The molecule has 7 heteroatoms. The molecule has 3 aromatic carbocycles. The van der Waals surface area contributed by atoms with Crippen LogP contribution in [0.2, 0.25) is 0 Å². The molecule has 0 aromatic heterocycles. The lowest BCUT2D eigenvalue weighted by atomic mass is 10.2. The van der Waals surface area contributed by atoms with Crippen molar-refractivity contribution in [2.45, 2.75) is 31.4 Å². The Balaban J connectivity index is 1.23. The van der Waals surface area contributed by atoms with E-state index < -0.39 is 5.25 Å². The van der Waals surface area contributed by atoms with Crippen molar-refractivity contribution in [1.29, 1.82) is 0 Å². The Kier molecular flexibility index (Phi) is 7.75. The van der Waals surface area contributed by atoms with Gasteiger partial charge in [0.2, 0.25) is 11.8 Å². The van der Waals surface area contributed by atoms with E-state index >= 15 is 0 Å². The number of thioether (sulfide) groups is 1. The molecule has 3 aromatic rings. The SMILES string of the molecule is O=C(CC1SC(=S)N(Cc2ccccc2)C1=O)NCc1ccc(OCc2ccccc2)cc1. The van der Waals surface area contributed by atoms with Crippen molar-refractivity contribution >= 4 is 40.1 Å². The molecule has 2 amide bonds. The van der Waals surface area contributed by atoms with Crippen LogP contribution in [0, 0.1) is 0 Å². The van der Waals surface area contributed by atoms with Crippen LogP contribution in [0.3, 0.4) is 0 Å². The molecule has 168 valence electrons. The van der Waals surface area contributed by atoms with Crippen LogP contribution >= 0.6 is 24.0 Å². The van der Waals surface area contributed by atoms with Gasteiger partial charge < -0.3 is 10.1 Å². The van der Waals surface area contributed by atoms with Crippen molar-refractivity contribution < 1.29 is 14.3 Å². The van der Waals surface area contributed by atoms with E-state index in [4.69, 9.17) is 17.0 Å². The molecule has 1 unspecified atom stereocenters. The molecular weight excluding hydrogens is 452 g/mol. The molecule has 0 aliphatic carbocycles. The van der Waals surface area contributed by atoms with Gasteiger partial charge in [-0.05, 0) is 28.8 Å². The topological polar surface area (TPSA) is 58.6 Å². The smallest absolute Gasteiger partial charge is 0.242 e. The van der Waals surface area contributed by atoms with Crippen molar-refractivity contribution in [3.63, 3.8) is 0 Å². The zero-order valence-corrected chi connectivity index (χ0v) is 19.6. The fourth-order valence-corrected chi connectivity index (χ4v) is 4.91. The Morgan fingerprint density at radius 2 is 1.55 bits per heavy atom. The van der Waals surface area contributed by atoms with Gasteiger partial charge in [-0.25, -0.2) is 0 Å². The maximum absolute atomic E-state index is 12.8. The van der Waals surface area contributed by atoms with Gasteiger partial charge in [-0.15, -0.1) is 0 Å². The summed E-state index contributed by atoms with van der Waals surface area (Å²) in [4.78, 5) is 26.8. The minimum absolute atomic E-state index is 0.104. The van der Waals surface area contributed by atoms with E-state index in [9.17, 15) is 9.59 Å². The Morgan fingerprint density at radius 1 is 0.909 bits per heavy atom. The van der Waals surface area contributed by atoms with Gasteiger partial charge >= 0.3 is 0 Å². The van der Waals surface area contributed by atoms with Crippen LogP contribution in [0.5, 0.6) is 5.75 Å². The minimum atomic E-state index is -0.477. The van der Waals surface area contributed by atoms with Crippen LogP contribution in [0.4, 0.5) is 0 Å². The number of hydrogen-bond donors (Lipinski definition) is 1. The Hall–Kier alpha value is -3.16. The molecule has 1 aliphatic rings. The number of hydrogen-bond acceptors (Lipinski definition) is 5. The first-order valence-electron chi connectivity index (χ1n) is 10.7. The third-order valence-electron chi connectivity index (χ3n) is 5.22. The van der Waals surface area contributed by atoms with Crippen molar-refractivity contribution in [1.82, 2.24) is 10.2 Å². The van der Waals surface area contributed by atoms with Crippen molar-refractivity contribution in [3.8, 4) is 5.75 Å². The summed E-state index contributed by atoms with van der Waals surface area (Å²) in [7, 11) is 0. The average Bonchev–Trinajstić information content (AvgIpc) is 3.10. The molecule has 1 aliphatic heterocycles. The molecule has 0 bridgehead atoms. The van der Waals surface area contributed by atoms with E-state index in [-0.39, 0.29) is 18.2 Å². The number of carbonyl (C=O) groups excluding carboxylic acids is 2. The highest BCUT2D eigenvalue weighted by Crippen LogP contribution is 2.30. The second kappa shape index (κ2) is 11.1. The van der Waals surface area contributed by atoms with E-state index in [2.05, 4.69) is 5.32 Å². The quantitative estimate of drug-likeness (QED) is 0.454. The molecule has 1 saturated heterocycles. The predicted molar refractivity (Wildman–Crippen MR) is 135 cm³/mol. The number of nitrogens with one attached hydrogen (secondary N) is 1. The first kappa shape index (κ1) is 23.0. The maximum Gasteiger partial charge on any atom is 0.242 e. The summed E-state index contributed by atoms with van der Waals surface area (Å²) in [6.45, 7) is 1.33. The van der Waals surface area contributed by atoms with Crippen LogP contribution in [-0.4, -0.2) is 26.3 Å². The first-order chi connectivity index (χ1) is 16.1. The number of amides is 2. The summed E-state index contributed by atoms with van der Waals surface area (Å²) >= 11 is 6.66. The maximum atomic E-state index is 12.8. The zero-order valence-electron chi connectivity index (χ0n) is 18.0. The van der Waals surface area contributed by atoms with Crippen molar-refractivity contribution in [2.75, 3.05) is 0 Å². The van der Waals surface area contributed by atoms with Crippen LogP contribution in [-0.2, 0) is 29.3 Å². The highest BCUT2D eigenvalue weighted by Gasteiger charge is 2.37. The van der Waals surface area contributed by atoms with Crippen molar-refractivity contribution in [3.05, 3.63) is 102 Å². The molecule has 4 rings (SSSR count). The second-order valence-electron chi connectivity index (χ2n) is 7.68. The van der Waals surface area contributed by atoms with Crippen LogP contribution < -0.4 is 10.1 Å². The summed E-state index contributed by atoms with van der Waals surface area (Å²) in [5.74, 6) is 0.493. The number of carbonyl (C=O) groups is 2. The fraction of sp³-hybridized carbons (Fsp3) is 0.192. The summed E-state index contributed by atoms with van der Waals surface area (Å²) in [6, 6.07) is 27.3. The van der Waals surface area contributed by atoms with Gasteiger partial charge in [-0.3, -0.25) is 14.5 Å². The zero-order chi connectivity index (χ0) is 23.0. The number of thiocarbonyl (C=S) groups is 1. The Labute approximate surface area is 203 Å². The van der Waals surface area contributed by atoms with Gasteiger partial charge in [0.25, 0.3) is 0 Å². The average molecular weight is 477 g/mol. The molecule has 0 spiro atoms. The van der Waals surface area contributed by atoms with Crippen LogP contribution in [0.25, 0.3) is 0 Å². The summed E-state index contributed by atoms with van der Waals surface area (Å²) in [6.07, 6.45) is 0.104. The molecule has 1 fully saturated rings. The van der Waals surface area contributed by atoms with E-state index in [0.29, 0.717) is 24.0 Å². The summed E-state index contributed by atoms with van der Waals surface area (Å²) < 4.78 is 6.31. The van der Waals surface area contributed by atoms with E-state index in [1.807, 2.05) is 84.9 Å². The molecule has 1 N–H and O–H groups in total. The highest BCUT2D eigenvalue weighted by molar-refractivity contribution is 8.24. The van der Waals surface area contributed by atoms with Gasteiger partial charge in [0.15, 0.2) is 0 Å². The number of ether oxygens (including phenoxy) is 1. The fourth-order valence-electron chi connectivity index (χ4n) is 3.42. The normalized spacial score (nSPS) is 15.5. The van der Waals surface area contributed by atoms with Crippen molar-refractivity contribution in [2.24, 2.45) is 0 Å².